The third-order valence-corrected chi connectivity index (χ3v) is 2.41. The number of rotatable bonds is 4. The van der Waals surface area contributed by atoms with Crippen LogP contribution in [0.3, 0.4) is 0 Å². The monoisotopic (exact) mass is 192 g/mol. The summed E-state index contributed by atoms with van der Waals surface area (Å²) < 4.78 is 0. The van der Waals surface area contributed by atoms with E-state index < -0.39 is 0 Å². The quantitative estimate of drug-likeness (QED) is 0.790. The molecule has 2 N–H and O–H groups in total. The van der Waals surface area contributed by atoms with Gasteiger partial charge in [0.1, 0.15) is 0 Å². The van der Waals surface area contributed by atoms with Gasteiger partial charge in [-0.1, -0.05) is 12.1 Å². The van der Waals surface area contributed by atoms with Gasteiger partial charge in [0.05, 0.1) is 0 Å². The minimum absolute atomic E-state index is 0.772. The van der Waals surface area contributed by atoms with E-state index in [9.17, 15) is 0 Å². The summed E-state index contributed by atoms with van der Waals surface area (Å²) in [5.74, 6) is 0. The minimum Gasteiger partial charge on any atom is -0.377 e. The van der Waals surface area contributed by atoms with Crippen LogP contribution in [0.25, 0.3) is 0 Å². The first-order valence-electron chi connectivity index (χ1n) is 5.12. The molecule has 0 bridgehead atoms. The first-order valence-corrected chi connectivity index (χ1v) is 5.12. The van der Waals surface area contributed by atoms with E-state index in [1.54, 1.807) is 0 Å². The summed E-state index contributed by atoms with van der Waals surface area (Å²) in [6, 6.07) is 6.63. The first-order chi connectivity index (χ1) is 6.65. The summed E-state index contributed by atoms with van der Waals surface area (Å²) in [6.07, 6.45) is 2.16. The van der Waals surface area contributed by atoms with Gasteiger partial charge in [0, 0.05) is 19.8 Å². The highest BCUT2D eigenvalue weighted by Gasteiger charge is 2.01. The van der Waals surface area contributed by atoms with Crippen molar-refractivity contribution in [1.82, 2.24) is 0 Å². The van der Waals surface area contributed by atoms with Gasteiger partial charge in [-0.25, -0.2) is 0 Å². The lowest BCUT2D eigenvalue weighted by Crippen LogP contribution is -2.10. The number of benzene rings is 1. The molecule has 0 spiro atoms. The fourth-order valence-corrected chi connectivity index (χ4v) is 1.68. The lowest BCUT2D eigenvalue weighted by Gasteiger charge is -2.16. The summed E-state index contributed by atoms with van der Waals surface area (Å²) in [4.78, 5) is 2.14. The van der Waals surface area contributed by atoms with E-state index in [0.29, 0.717) is 0 Å². The third-order valence-electron chi connectivity index (χ3n) is 2.41. The molecule has 0 saturated carbocycles. The second kappa shape index (κ2) is 5.01. The second-order valence-corrected chi connectivity index (χ2v) is 3.91. The van der Waals surface area contributed by atoms with Gasteiger partial charge in [0.2, 0.25) is 0 Å². The Labute approximate surface area is 86.7 Å². The van der Waals surface area contributed by atoms with Crippen LogP contribution in [0.1, 0.15) is 17.5 Å². The largest absolute Gasteiger partial charge is 0.377 e. The minimum atomic E-state index is 0.772. The molecule has 1 aromatic rings. The van der Waals surface area contributed by atoms with Crippen LogP contribution >= 0.6 is 0 Å². The van der Waals surface area contributed by atoms with Gasteiger partial charge < -0.3 is 10.6 Å². The van der Waals surface area contributed by atoms with Gasteiger partial charge in [-0.05, 0) is 43.5 Å². The average Bonchev–Trinajstić information content (AvgIpc) is 2.14. The number of anilines is 1. The van der Waals surface area contributed by atoms with Crippen LogP contribution in [0.4, 0.5) is 5.69 Å². The van der Waals surface area contributed by atoms with Crippen molar-refractivity contribution in [3.05, 3.63) is 29.3 Å². The maximum atomic E-state index is 5.48. The fraction of sp³-hybridized carbons (Fsp3) is 0.500. The SMILES string of the molecule is Cc1cc(CCCN)ccc1N(C)C. The van der Waals surface area contributed by atoms with Crippen LogP contribution in [0.15, 0.2) is 18.2 Å². The standard InChI is InChI=1S/C12H20N2/c1-10-9-11(5-4-8-13)6-7-12(10)14(2)3/h6-7,9H,4-5,8,13H2,1-3H3. The van der Waals surface area contributed by atoms with E-state index >= 15 is 0 Å². The molecule has 0 aliphatic carbocycles. The van der Waals surface area contributed by atoms with Gasteiger partial charge >= 0.3 is 0 Å². The Morgan fingerprint density at radius 3 is 2.50 bits per heavy atom. The number of nitrogens with zero attached hydrogens (tertiary/aromatic N) is 1. The molecule has 0 unspecified atom stereocenters. The molecule has 0 radical (unpaired) electrons. The molecule has 0 aromatic heterocycles. The highest BCUT2D eigenvalue weighted by molar-refractivity contribution is 5.53. The second-order valence-electron chi connectivity index (χ2n) is 3.91. The molecule has 14 heavy (non-hydrogen) atoms. The zero-order valence-corrected chi connectivity index (χ0v) is 9.38. The Balaban J connectivity index is 2.78. The van der Waals surface area contributed by atoms with E-state index in [-0.39, 0.29) is 0 Å². The molecule has 0 heterocycles. The van der Waals surface area contributed by atoms with Crippen LogP contribution < -0.4 is 10.6 Å². The van der Waals surface area contributed by atoms with Gasteiger partial charge in [0.15, 0.2) is 0 Å². The number of nitrogens with two attached hydrogens (primary N) is 1. The van der Waals surface area contributed by atoms with E-state index in [1.165, 1.54) is 16.8 Å². The van der Waals surface area contributed by atoms with Crippen LogP contribution in [0.2, 0.25) is 0 Å². The molecular formula is C12H20N2. The highest BCUT2D eigenvalue weighted by atomic mass is 15.1. The number of hydrogen-bond acceptors (Lipinski definition) is 2. The van der Waals surface area contributed by atoms with Gasteiger partial charge in [-0.2, -0.15) is 0 Å². The van der Waals surface area contributed by atoms with Crippen molar-refractivity contribution in [3.8, 4) is 0 Å². The summed E-state index contributed by atoms with van der Waals surface area (Å²) in [7, 11) is 4.14. The summed E-state index contributed by atoms with van der Waals surface area (Å²) in [6.45, 7) is 2.93. The fourth-order valence-electron chi connectivity index (χ4n) is 1.68. The molecule has 1 rings (SSSR count). The Hall–Kier alpha value is -1.02. The van der Waals surface area contributed by atoms with Crippen molar-refractivity contribution >= 4 is 5.69 Å². The zero-order valence-electron chi connectivity index (χ0n) is 9.38. The average molecular weight is 192 g/mol. The molecular weight excluding hydrogens is 172 g/mol. The number of hydrogen-bond donors (Lipinski definition) is 1. The Kier molecular flexibility index (Phi) is 3.96. The van der Waals surface area contributed by atoms with Gasteiger partial charge in [-0.15, -0.1) is 0 Å². The van der Waals surface area contributed by atoms with Gasteiger partial charge in [-0.3, -0.25) is 0 Å². The van der Waals surface area contributed by atoms with E-state index in [1.807, 2.05) is 0 Å². The molecule has 78 valence electrons. The maximum Gasteiger partial charge on any atom is 0.0390 e. The Bertz CT molecular complexity index is 292. The molecule has 2 nitrogen and oxygen atoms in total. The molecule has 1 aromatic carbocycles. The summed E-state index contributed by atoms with van der Waals surface area (Å²) >= 11 is 0. The van der Waals surface area contributed by atoms with E-state index in [4.69, 9.17) is 5.73 Å². The van der Waals surface area contributed by atoms with Crippen molar-refractivity contribution in [1.29, 1.82) is 0 Å². The third kappa shape index (κ3) is 2.74. The van der Waals surface area contributed by atoms with Crippen molar-refractivity contribution < 1.29 is 0 Å². The molecule has 0 saturated heterocycles. The molecule has 0 aliphatic rings. The maximum absolute atomic E-state index is 5.48. The van der Waals surface area contributed by atoms with E-state index in [0.717, 1.165) is 19.4 Å². The van der Waals surface area contributed by atoms with Crippen LogP contribution in [-0.4, -0.2) is 20.6 Å². The summed E-state index contributed by atoms with van der Waals surface area (Å²) in [5.41, 5.74) is 9.50. The molecule has 0 atom stereocenters. The van der Waals surface area contributed by atoms with Gasteiger partial charge in [0.25, 0.3) is 0 Å². The Morgan fingerprint density at radius 1 is 1.29 bits per heavy atom. The molecule has 2 heteroatoms. The highest BCUT2D eigenvalue weighted by Crippen LogP contribution is 2.19. The normalized spacial score (nSPS) is 10.3. The Morgan fingerprint density at radius 2 is 2.00 bits per heavy atom. The lowest BCUT2D eigenvalue weighted by atomic mass is 10.1. The van der Waals surface area contributed by atoms with Crippen molar-refractivity contribution in [2.24, 2.45) is 5.73 Å². The van der Waals surface area contributed by atoms with Crippen molar-refractivity contribution in [3.63, 3.8) is 0 Å². The lowest BCUT2D eigenvalue weighted by molar-refractivity contribution is 0.831. The topological polar surface area (TPSA) is 29.3 Å². The predicted molar refractivity (Wildman–Crippen MR) is 62.9 cm³/mol. The zero-order chi connectivity index (χ0) is 10.6. The van der Waals surface area contributed by atoms with E-state index in [2.05, 4.69) is 44.1 Å². The summed E-state index contributed by atoms with van der Waals surface area (Å²) in [5, 5.41) is 0. The predicted octanol–water partition coefficient (Wildman–Crippen LogP) is 1.95. The van der Waals surface area contributed by atoms with Crippen LogP contribution in [0.5, 0.6) is 0 Å². The van der Waals surface area contributed by atoms with Crippen LogP contribution in [-0.2, 0) is 6.42 Å². The molecule has 0 fully saturated rings. The smallest absolute Gasteiger partial charge is 0.0390 e. The van der Waals surface area contributed by atoms with Crippen LogP contribution in [0, 0.1) is 6.92 Å². The van der Waals surface area contributed by atoms with Crippen molar-refractivity contribution in [2.75, 3.05) is 25.5 Å². The molecule has 0 amide bonds. The number of aryl methyl sites for hydroxylation is 2. The van der Waals surface area contributed by atoms with Crippen molar-refractivity contribution in [2.45, 2.75) is 19.8 Å². The molecule has 0 aliphatic heterocycles. The first kappa shape index (κ1) is 11.1.